The first-order chi connectivity index (χ1) is 8.19. The Morgan fingerprint density at radius 1 is 1.18 bits per heavy atom. The van der Waals surface area contributed by atoms with Gasteiger partial charge in [-0.3, -0.25) is 4.79 Å². The molecule has 0 heterocycles. The number of esters is 1. The summed E-state index contributed by atoms with van der Waals surface area (Å²) in [6, 6.07) is 9.58. The Morgan fingerprint density at radius 3 is 2.35 bits per heavy atom. The highest BCUT2D eigenvalue weighted by Crippen LogP contribution is 2.21. The molecule has 1 unspecified atom stereocenters. The number of methoxy groups -OCH3 is 2. The normalized spacial score (nSPS) is 11.9. The molecule has 92 valence electrons. The summed E-state index contributed by atoms with van der Waals surface area (Å²) >= 11 is 0. The molecule has 0 spiro atoms. The first-order valence-corrected chi connectivity index (χ1v) is 5.38. The molecule has 0 bridgehead atoms. The quantitative estimate of drug-likeness (QED) is 0.559. The lowest BCUT2D eigenvalue weighted by atomic mass is 10.0. The molecule has 0 saturated carbocycles. The lowest BCUT2D eigenvalue weighted by Crippen LogP contribution is -2.16. The highest BCUT2D eigenvalue weighted by molar-refractivity contribution is 6.33. The Bertz CT molecular complexity index is 372. The highest BCUT2D eigenvalue weighted by Gasteiger charge is 2.17. The van der Waals surface area contributed by atoms with Crippen molar-refractivity contribution in [3.8, 4) is 0 Å². The molecule has 1 rings (SSSR count). The third kappa shape index (κ3) is 4.00. The Labute approximate surface area is 101 Å². The fourth-order valence-corrected chi connectivity index (χ4v) is 1.57. The smallest absolute Gasteiger partial charge is 0.374 e. The fraction of sp³-hybridized carbons (Fsp3) is 0.385. The molecule has 0 fully saturated rings. The zero-order valence-electron chi connectivity index (χ0n) is 10.0. The van der Waals surface area contributed by atoms with Crippen LogP contribution >= 0.6 is 0 Å². The predicted molar refractivity (Wildman–Crippen MR) is 62.4 cm³/mol. The minimum Gasteiger partial charge on any atom is -0.463 e. The molecule has 4 nitrogen and oxygen atoms in total. The number of carbonyl (C=O) groups is 2. The van der Waals surface area contributed by atoms with Crippen LogP contribution in [-0.2, 0) is 19.1 Å². The van der Waals surface area contributed by atoms with Crippen molar-refractivity contribution < 1.29 is 19.1 Å². The van der Waals surface area contributed by atoms with Crippen LogP contribution in [0.3, 0.4) is 0 Å². The summed E-state index contributed by atoms with van der Waals surface area (Å²) in [5.74, 6) is -1.32. The number of hydrogen-bond acceptors (Lipinski definition) is 4. The summed E-state index contributed by atoms with van der Waals surface area (Å²) in [4.78, 5) is 22.2. The molecule has 17 heavy (non-hydrogen) atoms. The van der Waals surface area contributed by atoms with Gasteiger partial charge in [-0.05, 0) is 12.0 Å². The summed E-state index contributed by atoms with van der Waals surface area (Å²) in [6.07, 6.45) is 0.416. The van der Waals surface area contributed by atoms with Crippen LogP contribution < -0.4 is 0 Å². The molecule has 0 N–H and O–H groups in total. The van der Waals surface area contributed by atoms with Crippen molar-refractivity contribution in [3.63, 3.8) is 0 Å². The van der Waals surface area contributed by atoms with Crippen molar-refractivity contribution in [1.82, 2.24) is 0 Å². The van der Waals surface area contributed by atoms with E-state index in [0.29, 0.717) is 6.42 Å². The zero-order valence-corrected chi connectivity index (χ0v) is 10.0. The van der Waals surface area contributed by atoms with Crippen LogP contribution in [-0.4, -0.2) is 26.0 Å². The van der Waals surface area contributed by atoms with Crippen LogP contribution in [0.15, 0.2) is 30.3 Å². The van der Waals surface area contributed by atoms with E-state index in [1.807, 2.05) is 30.3 Å². The SMILES string of the molecule is COC(=O)C(=O)CCC(OC)c1ccccc1. The second-order valence-corrected chi connectivity index (χ2v) is 3.59. The van der Waals surface area contributed by atoms with E-state index in [0.717, 1.165) is 5.56 Å². The molecule has 0 aliphatic heterocycles. The topological polar surface area (TPSA) is 52.6 Å². The van der Waals surface area contributed by atoms with Gasteiger partial charge in [0, 0.05) is 13.5 Å². The fourth-order valence-electron chi connectivity index (χ4n) is 1.57. The summed E-state index contributed by atoms with van der Waals surface area (Å²) < 4.78 is 9.65. The number of carbonyl (C=O) groups excluding carboxylic acids is 2. The van der Waals surface area contributed by atoms with E-state index in [1.165, 1.54) is 7.11 Å². The van der Waals surface area contributed by atoms with Crippen LogP contribution in [0.2, 0.25) is 0 Å². The molecule has 1 atom stereocenters. The van der Waals surface area contributed by atoms with Gasteiger partial charge < -0.3 is 9.47 Å². The largest absolute Gasteiger partial charge is 0.463 e. The van der Waals surface area contributed by atoms with E-state index >= 15 is 0 Å². The lowest BCUT2D eigenvalue weighted by molar-refractivity contribution is -0.151. The second-order valence-electron chi connectivity index (χ2n) is 3.59. The van der Waals surface area contributed by atoms with Gasteiger partial charge in [0.05, 0.1) is 13.2 Å². The average molecular weight is 236 g/mol. The number of rotatable bonds is 6. The van der Waals surface area contributed by atoms with E-state index in [4.69, 9.17) is 4.74 Å². The predicted octanol–water partition coefficient (Wildman–Crippen LogP) is 1.90. The lowest BCUT2D eigenvalue weighted by Gasteiger charge is -2.14. The van der Waals surface area contributed by atoms with Crippen molar-refractivity contribution in [1.29, 1.82) is 0 Å². The van der Waals surface area contributed by atoms with Gasteiger partial charge in [-0.25, -0.2) is 4.79 Å². The standard InChI is InChI=1S/C13H16O4/c1-16-12(10-6-4-3-5-7-10)9-8-11(14)13(15)17-2/h3-7,12H,8-9H2,1-2H3. The van der Waals surface area contributed by atoms with E-state index in [2.05, 4.69) is 4.74 Å². The molecule has 0 radical (unpaired) electrons. The Balaban J connectivity index is 2.54. The van der Waals surface area contributed by atoms with Crippen molar-refractivity contribution in [3.05, 3.63) is 35.9 Å². The van der Waals surface area contributed by atoms with Crippen molar-refractivity contribution in [2.24, 2.45) is 0 Å². The van der Waals surface area contributed by atoms with Gasteiger partial charge in [0.25, 0.3) is 0 Å². The average Bonchev–Trinajstić information content (AvgIpc) is 2.39. The summed E-state index contributed by atoms with van der Waals surface area (Å²) in [7, 11) is 2.78. The molecule has 0 aromatic heterocycles. The first-order valence-electron chi connectivity index (χ1n) is 5.38. The molecular formula is C13H16O4. The number of ketones is 1. The van der Waals surface area contributed by atoms with Crippen LogP contribution in [0, 0.1) is 0 Å². The van der Waals surface area contributed by atoms with Crippen molar-refractivity contribution >= 4 is 11.8 Å². The maximum absolute atomic E-state index is 11.3. The third-order valence-corrected chi connectivity index (χ3v) is 2.50. The Hall–Kier alpha value is -1.68. The molecule has 1 aromatic rings. The van der Waals surface area contributed by atoms with Gasteiger partial charge >= 0.3 is 5.97 Å². The maximum atomic E-state index is 11.3. The first kappa shape index (κ1) is 13.4. The van der Waals surface area contributed by atoms with Gasteiger partial charge in [-0.1, -0.05) is 30.3 Å². The molecule has 0 aliphatic rings. The van der Waals surface area contributed by atoms with E-state index in [1.54, 1.807) is 7.11 Å². The Kier molecular flexibility index (Phi) is 5.36. The number of ether oxygens (including phenoxy) is 2. The second kappa shape index (κ2) is 6.81. The number of Topliss-reactive ketones (excluding diaryl/α,β-unsaturated/α-hetero) is 1. The number of benzene rings is 1. The van der Waals surface area contributed by atoms with Crippen molar-refractivity contribution in [2.75, 3.05) is 14.2 Å². The molecule has 0 aliphatic carbocycles. The minimum absolute atomic E-state index is 0.125. The zero-order chi connectivity index (χ0) is 12.7. The van der Waals surface area contributed by atoms with E-state index in [-0.39, 0.29) is 12.5 Å². The summed E-state index contributed by atoms with van der Waals surface area (Å²) in [5, 5.41) is 0. The minimum atomic E-state index is -0.798. The summed E-state index contributed by atoms with van der Waals surface area (Å²) in [5.41, 5.74) is 0.993. The van der Waals surface area contributed by atoms with Gasteiger partial charge in [0.1, 0.15) is 0 Å². The number of hydrogen-bond donors (Lipinski definition) is 0. The monoisotopic (exact) mass is 236 g/mol. The van der Waals surface area contributed by atoms with Gasteiger partial charge in [0.15, 0.2) is 0 Å². The summed E-state index contributed by atoms with van der Waals surface area (Å²) in [6.45, 7) is 0. The highest BCUT2D eigenvalue weighted by atomic mass is 16.5. The van der Waals surface area contributed by atoms with Crippen LogP contribution in [0.4, 0.5) is 0 Å². The molecule has 4 heteroatoms. The van der Waals surface area contributed by atoms with E-state index in [9.17, 15) is 9.59 Å². The third-order valence-electron chi connectivity index (χ3n) is 2.50. The maximum Gasteiger partial charge on any atom is 0.374 e. The van der Waals surface area contributed by atoms with Gasteiger partial charge in [-0.15, -0.1) is 0 Å². The van der Waals surface area contributed by atoms with Crippen molar-refractivity contribution in [2.45, 2.75) is 18.9 Å². The molecule has 0 amide bonds. The van der Waals surface area contributed by atoms with Crippen LogP contribution in [0.1, 0.15) is 24.5 Å². The molecular weight excluding hydrogens is 220 g/mol. The van der Waals surface area contributed by atoms with Crippen LogP contribution in [0.25, 0.3) is 0 Å². The van der Waals surface area contributed by atoms with Crippen LogP contribution in [0.5, 0.6) is 0 Å². The Morgan fingerprint density at radius 2 is 1.82 bits per heavy atom. The van der Waals surface area contributed by atoms with Gasteiger partial charge in [-0.2, -0.15) is 0 Å². The molecule has 1 aromatic carbocycles. The van der Waals surface area contributed by atoms with Gasteiger partial charge in [0.2, 0.25) is 5.78 Å². The van der Waals surface area contributed by atoms with E-state index < -0.39 is 11.8 Å². The molecule has 0 saturated heterocycles.